The third-order valence-electron chi connectivity index (χ3n) is 26.8. The molecule has 27 rings (SSSR count). The van der Waals surface area contributed by atoms with Crippen molar-refractivity contribution in [2.45, 2.75) is 0 Å². The molecule has 0 fully saturated rings. The molecule has 27 aromatic rings. The summed E-state index contributed by atoms with van der Waals surface area (Å²) in [6.07, 6.45) is 0. The molecular weight excluding hydrogens is 1650 g/mol. The van der Waals surface area contributed by atoms with Crippen LogP contribution in [0.2, 0.25) is 0 Å². The smallest absolute Gasteiger partial charge is 0.164 e. The van der Waals surface area contributed by atoms with E-state index >= 15 is 0 Å². The Hall–Kier alpha value is -18.4. The average Bonchev–Trinajstić information content (AvgIpc) is 1.60. The largest absolute Gasteiger partial charge is 0.455 e. The van der Waals surface area contributed by atoms with Crippen molar-refractivity contribution in [3.63, 3.8) is 0 Å². The topological polar surface area (TPSA) is 103 Å². The van der Waals surface area contributed by atoms with Crippen LogP contribution in [0.15, 0.2) is 480 Å². The number of fused-ring (bicyclic) bond motifs is 18. The highest BCUT2D eigenvalue weighted by molar-refractivity contribution is 6.17. The van der Waals surface area contributed by atoms with Gasteiger partial charge in [-0.3, -0.25) is 0 Å². The number of benzene rings is 20. The molecule has 7 aromatic heterocycles. The van der Waals surface area contributed by atoms with E-state index in [-0.39, 0.29) is 0 Å². The Kier molecular flexibility index (Phi) is 17.7. The van der Waals surface area contributed by atoms with Crippen LogP contribution < -0.4 is 14.7 Å². The van der Waals surface area contributed by atoms with E-state index in [0.29, 0.717) is 17.5 Å². The predicted molar refractivity (Wildman–Crippen MR) is 556 cm³/mol. The Bertz CT molecular complexity index is 9040. The van der Waals surface area contributed by atoms with Gasteiger partial charge in [-0.1, -0.05) is 273 Å². The van der Waals surface area contributed by atoms with E-state index in [9.17, 15) is 0 Å². The van der Waals surface area contributed by atoms with Gasteiger partial charge in [-0.05, 0) is 205 Å². The van der Waals surface area contributed by atoms with Crippen molar-refractivity contribution < 1.29 is 13.3 Å². The highest BCUT2D eigenvalue weighted by atomic mass is 16.3. The molecule has 0 saturated carbocycles. The van der Waals surface area contributed by atoms with Crippen LogP contribution in [0.3, 0.4) is 0 Å². The molecule has 0 radical (unpaired) electrons. The summed E-state index contributed by atoms with van der Waals surface area (Å²) in [4.78, 5) is 24.3. The zero-order valence-electron chi connectivity index (χ0n) is 72.7. The standard InChI is InChI=1S/C123H77N9O3/c1-4-31-83(32-5-1)130-108-51-16-10-40-96(108)105-75-91(66-69-111(105)130)127(86-62-58-78(59-63-86)94-46-25-48-102-99-43-13-19-55-115(99)133-118(94)102)88-37-22-28-80(72-88)121-124-122(126-123(125-121)82-30-24-39-90(74-82)129(114-54-27-50-104-101-45-15-21-57-117(101)135-120(104)114)93-68-71-113-107(77-93)98-42-12-18-53-110(98)132(113)85-35-8-3-9-36-85)81-29-23-38-89(73-81)128(87-64-60-79(61-65-87)95-47-26-49-103-100-44-14-20-56-116(100)134-119(95)103)92-67-70-112-106(76-92)97-41-11-17-52-109(97)131(112)84-33-6-2-7-34-84/h1-77H. The first-order valence-electron chi connectivity index (χ1n) is 45.6. The summed E-state index contributed by atoms with van der Waals surface area (Å²) in [5.41, 5.74) is 29.5. The van der Waals surface area contributed by atoms with Crippen LogP contribution in [-0.4, -0.2) is 28.7 Å². The minimum absolute atomic E-state index is 0.468. The maximum atomic E-state index is 7.04. The molecule has 0 unspecified atom stereocenters. The summed E-state index contributed by atoms with van der Waals surface area (Å²) in [5.74, 6) is 1.41. The number of hydrogen-bond donors (Lipinski definition) is 0. The van der Waals surface area contributed by atoms with Crippen molar-refractivity contribution in [2.24, 2.45) is 0 Å². The molecule has 0 atom stereocenters. The molecule has 0 saturated heterocycles. The van der Waals surface area contributed by atoms with E-state index in [1.807, 2.05) is 36.4 Å². The van der Waals surface area contributed by atoms with Gasteiger partial charge in [-0.25, -0.2) is 15.0 Å². The highest BCUT2D eigenvalue weighted by Gasteiger charge is 2.28. The number of para-hydroxylation sites is 12. The van der Waals surface area contributed by atoms with Crippen molar-refractivity contribution in [3.05, 3.63) is 467 Å². The molecule has 12 heteroatoms. The molecule has 0 aliphatic heterocycles. The predicted octanol–water partition coefficient (Wildman–Crippen LogP) is 33.6. The number of furan rings is 3. The molecule has 20 aromatic carbocycles. The van der Waals surface area contributed by atoms with Crippen LogP contribution in [0.5, 0.6) is 0 Å². The van der Waals surface area contributed by atoms with Crippen LogP contribution in [-0.2, 0) is 0 Å². The molecule has 632 valence electrons. The van der Waals surface area contributed by atoms with Gasteiger partial charge in [0.05, 0.1) is 38.8 Å². The number of aromatic nitrogens is 6. The van der Waals surface area contributed by atoms with Crippen molar-refractivity contribution in [3.8, 4) is 73.5 Å². The van der Waals surface area contributed by atoms with Gasteiger partial charge >= 0.3 is 0 Å². The molecular formula is C123H77N9O3. The molecule has 0 amide bonds. The fraction of sp³-hybridized carbons (Fsp3) is 0. The lowest BCUT2D eigenvalue weighted by molar-refractivity contribution is 0.669. The second kappa shape index (κ2) is 31.2. The first kappa shape index (κ1) is 76.6. The van der Waals surface area contributed by atoms with E-state index in [2.05, 4.69) is 459 Å². The van der Waals surface area contributed by atoms with Crippen LogP contribution >= 0.6 is 0 Å². The Morgan fingerprint density at radius 2 is 0.444 bits per heavy atom. The monoisotopic (exact) mass is 1730 g/mol. The van der Waals surface area contributed by atoms with Crippen molar-refractivity contribution in [2.75, 3.05) is 14.7 Å². The Balaban J connectivity index is 0.657. The third-order valence-corrected chi connectivity index (χ3v) is 26.8. The molecule has 0 aliphatic carbocycles. The summed E-state index contributed by atoms with van der Waals surface area (Å²) in [6.45, 7) is 0. The minimum atomic E-state index is 0.468. The van der Waals surface area contributed by atoms with Gasteiger partial charge in [-0.2, -0.15) is 0 Å². The van der Waals surface area contributed by atoms with Crippen molar-refractivity contribution in [1.82, 2.24) is 28.7 Å². The van der Waals surface area contributed by atoms with Gasteiger partial charge in [0, 0.05) is 155 Å². The Labute approximate surface area is 774 Å². The third kappa shape index (κ3) is 12.7. The van der Waals surface area contributed by atoms with Crippen LogP contribution in [0, 0.1) is 0 Å². The van der Waals surface area contributed by atoms with Crippen LogP contribution in [0.25, 0.3) is 205 Å². The summed E-state index contributed by atoms with van der Waals surface area (Å²) in [5, 5.41) is 13.1. The molecule has 135 heavy (non-hydrogen) atoms. The zero-order chi connectivity index (χ0) is 88.7. The van der Waals surface area contributed by atoms with Gasteiger partial charge in [0.15, 0.2) is 23.1 Å². The number of hydrogen-bond acceptors (Lipinski definition) is 9. The van der Waals surface area contributed by atoms with Crippen LogP contribution in [0.4, 0.5) is 51.2 Å². The first-order valence-corrected chi connectivity index (χ1v) is 45.6. The quantitative estimate of drug-likeness (QED) is 0.0882. The number of nitrogens with zero attached hydrogens (tertiary/aromatic N) is 9. The maximum Gasteiger partial charge on any atom is 0.164 e. The van der Waals surface area contributed by atoms with E-state index < -0.39 is 0 Å². The van der Waals surface area contributed by atoms with Gasteiger partial charge in [-0.15, -0.1) is 0 Å². The average molecular weight is 1730 g/mol. The molecule has 0 aliphatic rings. The van der Waals surface area contributed by atoms with Crippen LogP contribution in [0.1, 0.15) is 0 Å². The lowest BCUT2D eigenvalue weighted by Gasteiger charge is -2.27. The minimum Gasteiger partial charge on any atom is -0.455 e. The van der Waals surface area contributed by atoms with Gasteiger partial charge in [0.25, 0.3) is 0 Å². The first-order chi connectivity index (χ1) is 66.9. The second-order valence-electron chi connectivity index (χ2n) is 34.5. The van der Waals surface area contributed by atoms with Gasteiger partial charge in [0.1, 0.15) is 27.9 Å². The van der Waals surface area contributed by atoms with Crippen molar-refractivity contribution in [1.29, 1.82) is 0 Å². The zero-order valence-corrected chi connectivity index (χ0v) is 72.7. The molecule has 0 bridgehead atoms. The number of anilines is 9. The van der Waals surface area contributed by atoms with E-state index in [0.717, 1.165) is 238 Å². The Morgan fingerprint density at radius 3 is 0.822 bits per heavy atom. The van der Waals surface area contributed by atoms with E-state index in [4.69, 9.17) is 28.2 Å². The normalized spacial score (nSPS) is 11.9. The summed E-state index contributed by atoms with van der Waals surface area (Å²) < 4.78 is 27.5. The van der Waals surface area contributed by atoms with E-state index in [1.54, 1.807) is 0 Å². The second-order valence-corrected chi connectivity index (χ2v) is 34.5. The lowest BCUT2D eigenvalue weighted by atomic mass is 10.0. The van der Waals surface area contributed by atoms with Gasteiger partial charge in [0.2, 0.25) is 0 Å². The van der Waals surface area contributed by atoms with Crippen molar-refractivity contribution >= 4 is 182 Å². The molecule has 7 heterocycles. The number of rotatable bonds is 17. The fourth-order valence-electron chi connectivity index (χ4n) is 20.7. The Morgan fingerprint density at radius 1 is 0.170 bits per heavy atom. The molecule has 0 N–H and O–H groups in total. The molecule has 12 nitrogen and oxygen atoms in total. The summed E-state index contributed by atoms with van der Waals surface area (Å²) in [7, 11) is 0. The SMILES string of the molecule is c1ccc(-n2c3ccccc3c3cc(N(c4ccc(-c5cccc6c5oc5ccccc56)cc4)c4cccc(-c5nc(-c6cccc(N(c7ccc(-c8cccc9c8oc8ccccc89)cc7)c7ccc8c(c7)c7ccccc7n8-c7ccccc7)c6)nc(-c6cccc(N(c7ccc8c(c7)c7ccccc7n8-c7ccccc7)c7cccc8c7oc7ccccc78)c6)n5)c4)ccc32)cc1. The maximum absolute atomic E-state index is 7.04. The van der Waals surface area contributed by atoms with E-state index in [1.165, 1.54) is 0 Å². The molecule has 0 spiro atoms. The summed E-state index contributed by atoms with van der Waals surface area (Å²) >= 11 is 0. The fourth-order valence-corrected chi connectivity index (χ4v) is 20.7. The highest BCUT2D eigenvalue weighted by Crippen LogP contribution is 2.50. The van der Waals surface area contributed by atoms with Gasteiger partial charge < -0.3 is 41.7 Å². The lowest BCUT2D eigenvalue weighted by Crippen LogP contribution is -2.11. The summed E-state index contributed by atoms with van der Waals surface area (Å²) in [6, 6.07) is 166.